The first-order valence-corrected chi connectivity index (χ1v) is 7.86. The van der Waals surface area contributed by atoms with Gasteiger partial charge in [0, 0.05) is 13.2 Å². The normalized spacial score (nSPS) is 14.8. The fourth-order valence-electron chi connectivity index (χ4n) is 2.20. The van der Waals surface area contributed by atoms with E-state index in [-0.39, 0.29) is 0 Å². The van der Waals surface area contributed by atoms with Crippen LogP contribution in [0.15, 0.2) is 0 Å². The van der Waals surface area contributed by atoms with Gasteiger partial charge < -0.3 is 4.74 Å². The third kappa shape index (κ3) is 9.64. The van der Waals surface area contributed by atoms with Crippen molar-refractivity contribution in [1.82, 2.24) is 0 Å². The van der Waals surface area contributed by atoms with Crippen molar-refractivity contribution in [2.24, 2.45) is 11.8 Å². The molecule has 0 aromatic rings. The third-order valence-electron chi connectivity index (χ3n) is 3.79. The van der Waals surface area contributed by atoms with Gasteiger partial charge >= 0.3 is 0 Å². The van der Waals surface area contributed by atoms with Crippen LogP contribution in [0.1, 0.15) is 79.1 Å². The SMILES string of the molecule is CCCC[C@@H](CC)COC[C@H](CC)CCCC. The van der Waals surface area contributed by atoms with E-state index in [0.29, 0.717) is 0 Å². The van der Waals surface area contributed by atoms with Crippen LogP contribution in [0.25, 0.3) is 0 Å². The van der Waals surface area contributed by atoms with Gasteiger partial charge in [-0.2, -0.15) is 0 Å². The van der Waals surface area contributed by atoms with Gasteiger partial charge in [0.1, 0.15) is 0 Å². The topological polar surface area (TPSA) is 9.23 Å². The molecule has 0 aliphatic carbocycles. The molecular weight excluding hydrogens is 208 g/mol. The van der Waals surface area contributed by atoms with Crippen molar-refractivity contribution in [3.63, 3.8) is 0 Å². The molecule has 1 nitrogen and oxygen atoms in total. The number of hydrogen-bond donors (Lipinski definition) is 0. The van der Waals surface area contributed by atoms with Gasteiger partial charge in [-0.05, 0) is 24.7 Å². The quantitative estimate of drug-likeness (QED) is 0.443. The molecule has 0 unspecified atom stereocenters. The minimum atomic E-state index is 0.790. The van der Waals surface area contributed by atoms with Gasteiger partial charge in [0.15, 0.2) is 0 Å². The molecule has 0 aliphatic heterocycles. The summed E-state index contributed by atoms with van der Waals surface area (Å²) < 4.78 is 5.93. The van der Waals surface area contributed by atoms with Gasteiger partial charge in [-0.15, -0.1) is 0 Å². The summed E-state index contributed by atoms with van der Waals surface area (Å²) in [4.78, 5) is 0. The third-order valence-corrected chi connectivity index (χ3v) is 3.79. The summed E-state index contributed by atoms with van der Waals surface area (Å²) in [6.45, 7) is 11.1. The van der Waals surface area contributed by atoms with Crippen LogP contribution < -0.4 is 0 Å². The summed E-state index contributed by atoms with van der Waals surface area (Å²) in [5.41, 5.74) is 0. The Morgan fingerprint density at radius 2 is 1.12 bits per heavy atom. The Kier molecular flexibility index (Phi) is 12.4. The highest BCUT2D eigenvalue weighted by atomic mass is 16.5. The molecule has 0 amide bonds. The van der Waals surface area contributed by atoms with Crippen LogP contribution in [0.5, 0.6) is 0 Å². The van der Waals surface area contributed by atoms with E-state index in [2.05, 4.69) is 27.7 Å². The average molecular weight is 242 g/mol. The first kappa shape index (κ1) is 17.0. The van der Waals surface area contributed by atoms with Gasteiger partial charge in [0.2, 0.25) is 0 Å². The smallest absolute Gasteiger partial charge is 0.0494 e. The molecule has 0 saturated heterocycles. The molecule has 0 heterocycles. The van der Waals surface area contributed by atoms with Crippen LogP contribution in [0.4, 0.5) is 0 Å². The molecule has 1 heteroatoms. The second-order valence-electron chi connectivity index (χ2n) is 5.37. The van der Waals surface area contributed by atoms with E-state index in [0.717, 1.165) is 25.0 Å². The summed E-state index contributed by atoms with van der Waals surface area (Å²) in [5.74, 6) is 1.58. The van der Waals surface area contributed by atoms with E-state index < -0.39 is 0 Å². The maximum absolute atomic E-state index is 5.93. The Labute approximate surface area is 109 Å². The molecule has 0 aromatic heterocycles. The van der Waals surface area contributed by atoms with Crippen molar-refractivity contribution in [1.29, 1.82) is 0 Å². The number of hydrogen-bond acceptors (Lipinski definition) is 1. The molecule has 0 aromatic carbocycles. The lowest BCUT2D eigenvalue weighted by Gasteiger charge is -2.18. The molecule has 0 radical (unpaired) electrons. The zero-order valence-electron chi connectivity index (χ0n) is 12.6. The van der Waals surface area contributed by atoms with E-state index in [9.17, 15) is 0 Å². The highest BCUT2D eigenvalue weighted by Gasteiger charge is 2.09. The summed E-state index contributed by atoms with van der Waals surface area (Å²) in [6.07, 6.45) is 10.6. The maximum Gasteiger partial charge on any atom is 0.0494 e. The Hall–Kier alpha value is -0.0400. The van der Waals surface area contributed by atoms with Crippen LogP contribution in [0.2, 0.25) is 0 Å². The average Bonchev–Trinajstić information content (AvgIpc) is 2.37. The second-order valence-corrected chi connectivity index (χ2v) is 5.37. The van der Waals surface area contributed by atoms with Gasteiger partial charge in [0.05, 0.1) is 0 Å². The van der Waals surface area contributed by atoms with Gasteiger partial charge in [-0.1, -0.05) is 66.2 Å². The highest BCUT2D eigenvalue weighted by molar-refractivity contribution is 4.59. The number of ether oxygens (including phenoxy) is 1. The first-order chi connectivity index (χ1) is 8.28. The van der Waals surface area contributed by atoms with E-state index in [1.54, 1.807) is 0 Å². The Bertz CT molecular complexity index is 128. The number of unbranched alkanes of at least 4 members (excludes halogenated alkanes) is 2. The summed E-state index contributed by atoms with van der Waals surface area (Å²) in [7, 11) is 0. The van der Waals surface area contributed by atoms with Crippen molar-refractivity contribution < 1.29 is 4.74 Å². The molecule has 0 spiro atoms. The molecule has 0 saturated carbocycles. The van der Waals surface area contributed by atoms with Crippen LogP contribution in [0, 0.1) is 11.8 Å². The van der Waals surface area contributed by atoms with Crippen LogP contribution in [0.3, 0.4) is 0 Å². The van der Waals surface area contributed by atoms with Crippen molar-refractivity contribution >= 4 is 0 Å². The lowest BCUT2D eigenvalue weighted by Crippen LogP contribution is -2.14. The molecule has 0 aliphatic rings. The minimum Gasteiger partial charge on any atom is -0.381 e. The van der Waals surface area contributed by atoms with E-state index in [4.69, 9.17) is 4.74 Å². The predicted molar refractivity (Wildman–Crippen MR) is 77.4 cm³/mol. The Morgan fingerprint density at radius 1 is 0.706 bits per heavy atom. The van der Waals surface area contributed by atoms with Gasteiger partial charge in [-0.25, -0.2) is 0 Å². The molecule has 0 rings (SSSR count). The van der Waals surface area contributed by atoms with Crippen LogP contribution in [-0.2, 0) is 4.74 Å². The second kappa shape index (κ2) is 12.4. The number of rotatable bonds is 12. The standard InChI is InChI=1S/C16H34O/c1-5-9-11-15(7-3)13-17-14-16(8-4)12-10-6-2/h15-16H,5-14H2,1-4H3/t15-,16-/m1/s1. The monoisotopic (exact) mass is 242 g/mol. The fourth-order valence-corrected chi connectivity index (χ4v) is 2.20. The molecule has 2 atom stereocenters. The summed E-state index contributed by atoms with van der Waals surface area (Å²) in [5, 5.41) is 0. The molecular formula is C16H34O. The molecule has 0 bridgehead atoms. The van der Waals surface area contributed by atoms with Crippen LogP contribution in [-0.4, -0.2) is 13.2 Å². The van der Waals surface area contributed by atoms with E-state index >= 15 is 0 Å². The maximum atomic E-state index is 5.93. The minimum absolute atomic E-state index is 0.790. The zero-order chi connectivity index (χ0) is 12.9. The van der Waals surface area contributed by atoms with Gasteiger partial charge in [-0.3, -0.25) is 0 Å². The zero-order valence-corrected chi connectivity index (χ0v) is 12.6. The fraction of sp³-hybridized carbons (Fsp3) is 1.00. The molecule has 0 N–H and O–H groups in total. The van der Waals surface area contributed by atoms with E-state index in [1.807, 2.05) is 0 Å². The molecule has 104 valence electrons. The van der Waals surface area contributed by atoms with Crippen molar-refractivity contribution in [2.75, 3.05) is 13.2 Å². The first-order valence-electron chi connectivity index (χ1n) is 7.86. The molecule has 17 heavy (non-hydrogen) atoms. The van der Waals surface area contributed by atoms with Crippen molar-refractivity contribution in [2.45, 2.75) is 79.1 Å². The summed E-state index contributed by atoms with van der Waals surface area (Å²) >= 11 is 0. The van der Waals surface area contributed by atoms with Crippen LogP contribution >= 0.6 is 0 Å². The Morgan fingerprint density at radius 3 is 1.41 bits per heavy atom. The van der Waals surface area contributed by atoms with Gasteiger partial charge in [0.25, 0.3) is 0 Å². The lowest BCUT2D eigenvalue weighted by molar-refractivity contribution is 0.0630. The van der Waals surface area contributed by atoms with Crippen molar-refractivity contribution in [3.8, 4) is 0 Å². The molecule has 0 fully saturated rings. The van der Waals surface area contributed by atoms with E-state index in [1.165, 1.54) is 51.4 Å². The lowest BCUT2D eigenvalue weighted by atomic mass is 9.99. The summed E-state index contributed by atoms with van der Waals surface area (Å²) in [6, 6.07) is 0. The predicted octanol–water partition coefficient (Wildman–Crippen LogP) is 5.44. The Balaban J connectivity index is 3.61. The largest absolute Gasteiger partial charge is 0.381 e. The van der Waals surface area contributed by atoms with Crippen molar-refractivity contribution in [3.05, 3.63) is 0 Å². The highest BCUT2D eigenvalue weighted by Crippen LogP contribution is 2.16.